The molecule has 2 fully saturated rings. The standard InChI is InChI=1S/C20H31Cl2N3/c1-14-11-18(21)20(22)19(12-14)25-10-9-24(13-15(25)2)8-7-16-3-5-17(23)6-4-16/h11-12,15-17H,3-10,13,23H2,1-2H3. The minimum Gasteiger partial charge on any atom is -0.365 e. The van der Waals surface area contributed by atoms with Gasteiger partial charge in [-0.15, -0.1) is 0 Å². The van der Waals surface area contributed by atoms with Crippen molar-refractivity contribution in [3.05, 3.63) is 27.7 Å². The van der Waals surface area contributed by atoms with Crippen LogP contribution in [0.15, 0.2) is 12.1 Å². The lowest BCUT2D eigenvalue weighted by molar-refractivity contribution is 0.198. The molecule has 0 aromatic heterocycles. The van der Waals surface area contributed by atoms with Gasteiger partial charge in [0, 0.05) is 31.7 Å². The van der Waals surface area contributed by atoms with Gasteiger partial charge in [0.1, 0.15) is 0 Å². The smallest absolute Gasteiger partial charge is 0.0825 e. The third-order valence-electron chi connectivity index (χ3n) is 5.92. The van der Waals surface area contributed by atoms with E-state index in [1.165, 1.54) is 38.6 Å². The molecule has 1 saturated carbocycles. The second-order valence-electron chi connectivity index (χ2n) is 7.99. The molecule has 2 aliphatic rings. The van der Waals surface area contributed by atoms with Crippen LogP contribution in [0.2, 0.25) is 10.0 Å². The number of halogens is 2. The normalized spacial score (nSPS) is 28.4. The Bertz CT molecular complexity index is 585. The monoisotopic (exact) mass is 383 g/mol. The Morgan fingerprint density at radius 1 is 1.12 bits per heavy atom. The molecule has 0 amide bonds. The van der Waals surface area contributed by atoms with E-state index in [1.54, 1.807) is 0 Å². The molecular formula is C20H31Cl2N3. The van der Waals surface area contributed by atoms with Crippen molar-refractivity contribution in [2.45, 2.75) is 58.0 Å². The summed E-state index contributed by atoms with van der Waals surface area (Å²) in [6, 6.07) is 4.99. The van der Waals surface area contributed by atoms with Crippen LogP contribution in [0.1, 0.15) is 44.6 Å². The SMILES string of the molecule is Cc1cc(Cl)c(Cl)c(N2CCN(CCC3CCC(N)CC3)CC2C)c1. The summed E-state index contributed by atoms with van der Waals surface area (Å²) in [7, 11) is 0. The van der Waals surface area contributed by atoms with E-state index in [1.807, 2.05) is 6.07 Å². The fourth-order valence-electron chi connectivity index (χ4n) is 4.35. The lowest BCUT2D eigenvalue weighted by atomic mass is 9.84. The second-order valence-corrected chi connectivity index (χ2v) is 8.78. The van der Waals surface area contributed by atoms with Crippen LogP contribution >= 0.6 is 23.2 Å². The first kappa shape index (κ1) is 19.3. The number of piperazine rings is 1. The van der Waals surface area contributed by atoms with Gasteiger partial charge >= 0.3 is 0 Å². The Balaban J connectivity index is 1.54. The van der Waals surface area contributed by atoms with E-state index in [0.717, 1.165) is 36.8 Å². The van der Waals surface area contributed by atoms with Gasteiger partial charge in [-0.3, -0.25) is 4.90 Å². The first-order valence-corrected chi connectivity index (χ1v) is 10.4. The maximum Gasteiger partial charge on any atom is 0.0825 e. The molecule has 1 atom stereocenters. The van der Waals surface area contributed by atoms with Gasteiger partial charge in [-0.25, -0.2) is 0 Å². The van der Waals surface area contributed by atoms with Crippen LogP contribution in [0.25, 0.3) is 0 Å². The van der Waals surface area contributed by atoms with Crippen LogP contribution < -0.4 is 10.6 Å². The summed E-state index contributed by atoms with van der Waals surface area (Å²) in [5.41, 5.74) is 8.27. The van der Waals surface area contributed by atoms with Gasteiger partial charge in [-0.05, 0) is 76.1 Å². The fourth-order valence-corrected chi connectivity index (χ4v) is 4.84. The molecule has 25 heavy (non-hydrogen) atoms. The molecule has 3 rings (SSSR count). The van der Waals surface area contributed by atoms with Gasteiger partial charge in [0.2, 0.25) is 0 Å². The lowest BCUT2D eigenvalue weighted by Gasteiger charge is -2.42. The largest absolute Gasteiger partial charge is 0.365 e. The van der Waals surface area contributed by atoms with Crippen molar-refractivity contribution >= 4 is 28.9 Å². The molecule has 5 heteroatoms. The van der Waals surface area contributed by atoms with Gasteiger partial charge in [0.05, 0.1) is 15.7 Å². The summed E-state index contributed by atoms with van der Waals surface area (Å²) in [6.07, 6.45) is 6.36. The highest BCUT2D eigenvalue weighted by Gasteiger charge is 2.27. The summed E-state index contributed by atoms with van der Waals surface area (Å²) in [5, 5.41) is 1.34. The van der Waals surface area contributed by atoms with E-state index in [9.17, 15) is 0 Å². The van der Waals surface area contributed by atoms with Crippen molar-refractivity contribution in [1.29, 1.82) is 0 Å². The molecule has 3 nitrogen and oxygen atoms in total. The van der Waals surface area contributed by atoms with Crippen LogP contribution in [0.3, 0.4) is 0 Å². The van der Waals surface area contributed by atoms with Crippen molar-refractivity contribution in [2.75, 3.05) is 31.1 Å². The maximum atomic E-state index is 6.48. The average molecular weight is 384 g/mol. The van der Waals surface area contributed by atoms with Gasteiger partial charge in [-0.2, -0.15) is 0 Å². The fraction of sp³-hybridized carbons (Fsp3) is 0.700. The van der Waals surface area contributed by atoms with E-state index in [4.69, 9.17) is 28.9 Å². The van der Waals surface area contributed by atoms with Crippen molar-refractivity contribution in [2.24, 2.45) is 11.7 Å². The molecule has 1 unspecified atom stereocenters. The summed E-state index contributed by atoms with van der Waals surface area (Å²) in [5.74, 6) is 0.873. The summed E-state index contributed by atoms with van der Waals surface area (Å²) >= 11 is 12.8. The maximum absolute atomic E-state index is 6.48. The highest BCUT2D eigenvalue weighted by atomic mass is 35.5. The minimum absolute atomic E-state index is 0.448. The molecule has 2 N–H and O–H groups in total. The van der Waals surface area contributed by atoms with Crippen molar-refractivity contribution in [3.63, 3.8) is 0 Å². The molecule has 1 aliphatic heterocycles. The van der Waals surface area contributed by atoms with Gasteiger partial charge < -0.3 is 10.6 Å². The number of nitrogens with zero attached hydrogens (tertiary/aromatic N) is 2. The molecule has 1 aromatic carbocycles. The first-order chi connectivity index (χ1) is 11.9. The Kier molecular flexibility index (Phi) is 6.54. The number of rotatable bonds is 4. The Hall–Kier alpha value is -0.480. The molecule has 0 radical (unpaired) electrons. The number of benzene rings is 1. The summed E-state index contributed by atoms with van der Waals surface area (Å²) in [4.78, 5) is 5.03. The van der Waals surface area contributed by atoms with E-state index in [-0.39, 0.29) is 0 Å². The average Bonchev–Trinajstić information content (AvgIpc) is 2.58. The number of nitrogens with two attached hydrogens (primary N) is 1. The Morgan fingerprint density at radius 2 is 1.84 bits per heavy atom. The topological polar surface area (TPSA) is 32.5 Å². The van der Waals surface area contributed by atoms with Gasteiger partial charge in [0.15, 0.2) is 0 Å². The lowest BCUT2D eigenvalue weighted by Crippen LogP contribution is -2.52. The minimum atomic E-state index is 0.448. The predicted molar refractivity (Wildman–Crippen MR) is 109 cm³/mol. The molecular weight excluding hydrogens is 353 g/mol. The second kappa shape index (κ2) is 8.47. The summed E-state index contributed by atoms with van der Waals surface area (Å²) < 4.78 is 0. The van der Waals surface area contributed by atoms with Crippen LogP contribution in [0.4, 0.5) is 5.69 Å². The van der Waals surface area contributed by atoms with E-state index < -0.39 is 0 Å². The number of hydrogen-bond donors (Lipinski definition) is 1. The molecule has 1 aromatic rings. The number of hydrogen-bond acceptors (Lipinski definition) is 3. The molecule has 0 spiro atoms. The molecule has 140 valence electrons. The Morgan fingerprint density at radius 3 is 2.52 bits per heavy atom. The molecule has 1 heterocycles. The molecule has 0 bridgehead atoms. The van der Waals surface area contributed by atoms with E-state index in [0.29, 0.717) is 22.1 Å². The quantitative estimate of drug-likeness (QED) is 0.815. The van der Waals surface area contributed by atoms with Crippen molar-refractivity contribution in [1.82, 2.24) is 4.90 Å². The van der Waals surface area contributed by atoms with Crippen molar-refractivity contribution < 1.29 is 0 Å². The molecule has 1 saturated heterocycles. The van der Waals surface area contributed by atoms with Crippen LogP contribution in [0.5, 0.6) is 0 Å². The highest BCUT2D eigenvalue weighted by molar-refractivity contribution is 6.43. The van der Waals surface area contributed by atoms with Crippen LogP contribution in [-0.4, -0.2) is 43.2 Å². The van der Waals surface area contributed by atoms with Gasteiger partial charge in [-0.1, -0.05) is 23.2 Å². The van der Waals surface area contributed by atoms with Gasteiger partial charge in [0.25, 0.3) is 0 Å². The zero-order valence-electron chi connectivity index (χ0n) is 15.5. The number of anilines is 1. The van der Waals surface area contributed by atoms with E-state index in [2.05, 4.69) is 29.7 Å². The number of aryl methyl sites for hydroxylation is 1. The zero-order valence-corrected chi connectivity index (χ0v) is 17.0. The molecule has 1 aliphatic carbocycles. The summed E-state index contributed by atoms with van der Waals surface area (Å²) in [6.45, 7) is 8.77. The van der Waals surface area contributed by atoms with Crippen molar-refractivity contribution in [3.8, 4) is 0 Å². The van der Waals surface area contributed by atoms with Crippen LogP contribution in [-0.2, 0) is 0 Å². The predicted octanol–water partition coefficient (Wildman–Crippen LogP) is 4.72. The van der Waals surface area contributed by atoms with Crippen LogP contribution in [0, 0.1) is 12.8 Å². The zero-order chi connectivity index (χ0) is 18.0. The third kappa shape index (κ3) is 4.82. The van der Waals surface area contributed by atoms with E-state index >= 15 is 0 Å². The third-order valence-corrected chi connectivity index (χ3v) is 6.71. The Labute approximate surface area is 162 Å². The first-order valence-electron chi connectivity index (χ1n) is 9.64. The highest BCUT2D eigenvalue weighted by Crippen LogP contribution is 2.36.